The Bertz CT molecular complexity index is 638. The highest BCUT2D eigenvalue weighted by atomic mass is 19.4. The molecular formula is C14H12F3NO2. The number of hydrogen-bond acceptors (Lipinski definition) is 3. The number of carbonyl (C=O) groups is 1. The van der Waals surface area contributed by atoms with Crippen LogP contribution in [0, 0.1) is 0 Å². The van der Waals surface area contributed by atoms with E-state index >= 15 is 0 Å². The van der Waals surface area contributed by atoms with Gasteiger partial charge in [0.15, 0.2) is 0 Å². The number of carbonyl (C=O) groups excluding carboxylic acids is 1. The molecule has 2 rings (SSSR count). The lowest BCUT2D eigenvalue weighted by molar-refractivity contribution is -0.140. The average molecular weight is 283 g/mol. The smallest absolute Gasteiger partial charge is 0.417 e. The van der Waals surface area contributed by atoms with Crippen LogP contribution in [0.5, 0.6) is 0 Å². The van der Waals surface area contributed by atoms with Crippen molar-refractivity contribution < 1.29 is 22.7 Å². The van der Waals surface area contributed by atoms with E-state index < -0.39 is 17.7 Å². The largest absolute Gasteiger partial charge is 0.469 e. The Balaban J connectivity index is 2.46. The Labute approximate surface area is 113 Å². The molecule has 3 nitrogen and oxygen atoms in total. The molecular weight excluding hydrogens is 271 g/mol. The monoisotopic (exact) mass is 283 g/mol. The van der Waals surface area contributed by atoms with E-state index in [4.69, 9.17) is 0 Å². The molecule has 0 saturated carbocycles. The van der Waals surface area contributed by atoms with Gasteiger partial charge >= 0.3 is 12.1 Å². The van der Waals surface area contributed by atoms with Crippen LogP contribution in [-0.4, -0.2) is 18.1 Å². The van der Waals surface area contributed by atoms with E-state index in [1.54, 1.807) is 6.07 Å². The Morgan fingerprint density at radius 1 is 1.25 bits per heavy atom. The van der Waals surface area contributed by atoms with Crippen molar-refractivity contribution in [3.05, 3.63) is 41.7 Å². The molecule has 0 fully saturated rings. The first-order valence-corrected chi connectivity index (χ1v) is 5.94. The van der Waals surface area contributed by atoms with Gasteiger partial charge in [0.25, 0.3) is 0 Å². The first-order valence-electron chi connectivity index (χ1n) is 5.94. The van der Waals surface area contributed by atoms with Gasteiger partial charge in [-0.2, -0.15) is 13.2 Å². The molecule has 1 aromatic carbocycles. The van der Waals surface area contributed by atoms with Crippen LogP contribution >= 0.6 is 0 Å². The van der Waals surface area contributed by atoms with E-state index in [0.717, 1.165) is 6.07 Å². The number of aromatic nitrogens is 1. The number of nitrogens with zero attached hydrogens (tertiary/aromatic N) is 1. The van der Waals surface area contributed by atoms with Crippen LogP contribution in [-0.2, 0) is 22.1 Å². The second-order valence-electron chi connectivity index (χ2n) is 4.23. The van der Waals surface area contributed by atoms with Crippen LogP contribution in [0.15, 0.2) is 30.5 Å². The number of hydrogen-bond donors (Lipinski definition) is 0. The van der Waals surface area contributed by atoms with E-state index in [1.807, 2.05) is 0 Å². The third kappa shape index (κ3) is 2.89. The van der Waals surface area contributed by atoms with E-state index in [0.29, 0.717) is 11.1 Å². The second kappa shape index (κ2) is 5.48. The van der Waals surface area contributed by atoms with Crippen molar-refractivity contribution >= 4 is 16.7 Å². The summed E-state index contributed by atoms with van der Waals surface area (Å²) >= 11 is 0. The fourth-order valence-corrected chi connectivity index (χ4v) is 2.04. The molecule has 0 bridgehead atoms. The van der Waals surface area contributed by atoms with Crippen LogP contribution in [0.25, 0.3) is 10.8 Å². The Morgan fingerprint density at radius 3 is 2.65 bits per heavy atom. The number of esters is 1. The molecule has 0 amide bonds. The van der Waals surface area contributed by atoms with E-state index in [-0.39, 0.29) is 18.2 Å². The average Bonchev–Trinajstić information content (AvgIpc) is 2.42. The molecule has 1 heterocycles. The SMILES string of the molecule is COC(=O)CCc1nccc2c(C(F)(F)F)cccc12. The summed E-state index contributed by atoms with van der Waals surface area (Å²) in [6, 6.07) is 5.28. The quantitative estimate of drug-likeness (QED) is 0.811. The number of halogens is 3. The number of rotatable bonds is 3. The number of methoxy groups -OCH3 is 1. The third-order valence-electron chi connectivity index (χ3n) is 2.99. The maximum atomic E-state index is 12.9. The zero-order valence-corrected chi connectivity index (χ0v) is 10.7. The molecule has 0 N–H and O–H groups in total. The van der Waals surface area contributed by atoms with Crippen molar-refractivity contribution in [2.24, 2.45) is 0 Å². The van der Waals surface area contributed by atoms with Gasteiger partial charge in [0.1, 0.15) is 0 Å². The number of benzene rings is 1. The van der Waals surface area contributed by atoms with Gasteiger partial charge in [-0.1, -0.05) is 12.1 Å². The van der Waals surface area contributed by atoms with Crippen molar-refractivity contribution in [3.8, 4) is 0 Å². The summed E-state index contributed by atoms with van der Waals surface area (Å²) in [4.78, 5) is 15.2. The van der Waals surface area contributed by atoms with E-state index in [1.165, 1.54) is 25.4 Å². The van der Waals surface area contributed by atoms with Crippen LogP contribution in [0.1, 0.15) is 17.7 Å². The summed E-state index contributed by atoms with van der Waals surface area (Å²) in [6.07, 6.45) is -2.77. The lowest BCUT2D eigenvalue weighted by atomic mass is 10.0. The van der Waals surface area contributed by atoms with Crippen molar-refractivity contribution in [3.63, 3.8) is 0 Å². The lowest BCUT2D eigenvalue weighted by Crippen LogP contribution is -2.07. The maximum Gasteiger partial charge on any atom is 0.417 e. The predicted molar refractivity (Wildman–Crippen MR) is 67.1 cm³/mol. The topological polar surface area (TPSA) is 39.2 Å². The highest BCUT2D eigenvalue weighted by Gasteiger charge is 2.32. The highest BCUT2D eigenvalue weighted by molar-refractivity contribution is 5.88. The molecule has 2 aromatic rings. The molecule has 0 radical (unpaired) electrons. The van der Waals surface area contributed by atoms with Gasteiger partial charge in [-0.25, -0.2) is 0 Å². The molecule has 0 aliphatic rings. The fraction of sp³-hybridized carbons (Fsp3) is 0.286. The second-order valence-corrected chi connectivity index (χ2v) is 4.23. The summed E-state index contributed by atoms with van der Waals surface area (Å²) in [5.74, 6) is -0.421. The predicted octanol–water partition coefficient (Wildman–Crippen LogP) is 3.36. The van der Waals surface area contributed by atoms with E-state index in [2.05, 4.69) is 9.72 Å². The van der Waals surface area contributed by atoms with Gasteiger partial charge in [0, 0.05) is 23.7 Å². The zero-order chi connectivity index (χ0) is 14.8. The fourth-order valence-electron chi connectivity index (χ4n) is 2.04. The van der Waals surface area contributed by atoms with Gasteiger partial charge in [-0.15, -0.1) is 0 Å². The van der Waals surface area contributed by atoms with Crippen LogP contribution in [0.3, 0.4) is 0 Å². The van der Waals surface area contributed by atoms with Crippen LogP contribution in [0.4, 0.5) is 13.2 Å². The summed E-state index contributed by atoms with van der Waals surface area (Å²) < 4.78 is 43.3. The van der Waals surface area contributed by atoms with Crippen LogP contribution in [0.2, 0.25) is 0 Å². The molecule has 6 heteroatoms. The minimum Gasteiger partial charge on any atom is -0.469 e. The Morgan fingerprint density at radius 2 is 2.00 bits per heavy atom. The molecule has 0 unspecified atom stereocenters. The first kappa shape index (κ1) is 14.3. The van der Waals surface area contributed by atoms with Crippen LogP contribution < -0.4 is 0 Å². The number of fused-ring (bicyclic) bond motifs is 1. The maximum absolute atomic E-state index is 12.9. The molecule has 20 heavy (non-hydrogen) atoms. The standard InChI is InChI=1S/C14H12F3NO2/c1-20-13(19)6-5-12-10-3-2-4-11(14(15,16)17)9(10)7-8-18-12/h2-4,7-8H,5-6H2,1H3. The van der Waals surface area contributed by atoms with Gasteiger partial charge in [0.2, 0.25) is 0 Å². The normalized spacial score (nSPS) is 11.6. The first-order chi connectivity index (χ1) is 9.43. The zero-order valence-electron chi connectivity index (χ0n) is 10.7. The third-order valence-corrected chi connectivity index (χ3v) is 2.99. The molecule has 0 atom stereocenters. The molecule has 1 aromatic heterocycles. The molecule has 0 saturated heterocycles. The van der Waals surface area contributed by atoms with Crippen molar-refractivity contribution in [2.45, 2.75) is 19.0 Å². The molecule has 0 aliphatic heterocycles. The molecule has 0 aliphatic carbocycles. The van der Waals surface area contributed by atoms with Gasteiger partial charge in [0.05, 0.1) is 19.1 Å². The number of aryl methyl sites for hydroxylation is 1. The Hall–Kier alpha value is -2.11. The van der Waals surface area contributed by atoms with Crippen molar-refractivity contribution in [1.29, 1.82) is 0 Å². The summed E-state index contributed by atoms with van der Waals surface area (Å²) in [5, 5.41) is 0.501. The van der Waals surface area contributed by atoms with Crippen molar-refractivity contribution in [2.75, 3.05) is 7.11 Å². The van der Waals surface area contributed by atoms with Gasteiger partial charge < -0.3 is 4.74 Å². The minimum absolute atomic E-state index is 0.0822. The minimum atomic E-state index is -4.42. The number of alkyl halides is 3. The van der Waals surface area contributed by atoms with E-state index in [9.17, 15) is 18.0 Å². The Kier molecular flexibility index (Phi) is 3.92. The highest BCUT2D eigenvalue weighted by Crippen LogP contribution is 2.35. The summed E-state index contributed by atoms with van der Waals surface area (Å²) in [5.41, 5.74) is -0.240. The summed E-state index contributed by atoms with van der Waals surface area (Å²) in [6.45, 7) is 0. The molecule has 0 spiro atoms. The number of pyridine rings is 1. The van der Waals surface area contributed by atoms with Gasteiger partial charge in [-0.05, 0) is 17.5 Å². The van der Waals surface area contributed by atoms with Gasteiger partial charge in [-0.3, -0.25) is 9.78 Å². The molecule has 106 valence electrons. The summed E-state index contributed by atoms with van der Waals surface area (Å²) in [7, 11) is 1.26. The van der Waals surface area contributed by atoms with Crippen molar-refractivity contribution in [1.82, 2.24) is 4.98 Å². The lowest BCUT2D eigenvalue weighted by Gasteiger charge is -2.12. The number of ether oxygens (including phenoxy) is 1.